The van der Waals surface area contributed by atoms with Crippen molar-refractivity contribution in [2.75, 3.05) is 0 Å². The molecule has 0 radical (unpaired) electrons. The molecule has 47 heavy (non-hydrogen) atoms. The van der Waals surface area contributed by atoms with Gasteiger partial charge in [-0.05, 0) is 30.4 Å². The van der Waals surface area contributed by atoms with Crippen LogP contribution in [-0.2, 0) is 130 Å². The van der Waals surface area contributed by atoms with Gasteiger partial charge in [-0.1, -0.05) is 0 Å². The average molecular weight is 1430 g/mol. The van der Waals surface area contributed by atoms with Gasteiger partial charge < -0.3 is 116 Å². The van der Waals surface area contributed by atoms with Crippen molar-refractivity contribution in [3.63, 3.8) is 0 Å². The minimum Gasteiger partial charge on any atom is -0.809 e. The summed E-state index contributed by atoms with van der Waals surface area (Å²) in [5.41, 5.74) is -12.5. The van der Waals surface area contributed by atoms with Crippen LogP contribution in [0.1, 0.15) is 0 Å². The molecule has 0 bridgehead atoms. The maximum atomic E-state index is 10.2. The van der Waals surface area contributed by atoms with E-state index in [0.29, 0.717) is 0 Å². The molecule has 0 aliphatic rings. The van der Waals surface area contributed by atoms with Gasteiger partial charge in [-0.15, -0.1) is 0 Å². The number of hydrogen-bond acceptors (Lipinski definition) is 28. The molecule has 4 N–H and O–H groups in total. The molecule has 43 heteroatoms. The van der Waals surface area contributed by atoms with Crippen LogP contribution in [0.2, 0.25) is 0 Å². The van der Waals surface area contributed by atoms with E-state index in [1.54, 1.807) is 0 Å². The fourth-order valence-electron chi connectivity index (χ4n) is 0.835. The molecule has 0 aromatic heterocycles. The Morgan fingerprint density at radius 2 is 0.426 bits per heavy atom. The molecule has 0 aliphatic carbocycles. The minimum atomic E-state index is -5.62. The fourth-order valence-corrected chi connectivity index (χ4v) is 8.80. The third-order valence-corrected chi connectivity index (χ3v) is 17.0. The molecule has 8 unspecified atom stereocenters. The monoisotopic (exact) mass is 1430 g/mol. The molecule has 8 atom stereocenters. The molecular weight excluding hydrogens is 1420 g/mol. The zero-order valence-electron chi connectivity index (χ0n) is 20.5. The predicted octanol–water partition coefficient (Wildman–Crippen LogP) is -8.41. The minimum absolute atomic E-state index is 0. The van der Waals surface area contributed by atoms with E-state index in [4.69, 9.17) is 20.4 Å². The van der Waals surface area contributed by atoms with Gasteiger partial charge in [0.2, 0.25) is 0 Å². The van der Waals surface area contributed by atoms with Crippen LogP contribution in [0.3, 0.4) is 0 Å². The third-order valence-electron chi connectivity index (χ3n) is 2.65. The Morgan fingerprint density at radius 3 is 0.447 bits per heavy atom. The summed E-state index contributed by atoms with van der Waals surface area (Å²) in [5, 5.41) is 33.0. The van der Waals surface area contributed by atoms with E-state index in [1.807, 2.05) is 0 Å². The first-order valence-electron chi connectivity index (χ1n) is 8.10. The Bertz CT molecular complexity index is 1080. The second kappa shape index (κ2) is 26.6. The summed E-state index contributed by atoms with van der Waals surface area (Å²) in [6.07, 6.45) is 0. The van der Waals surface area contributed by atoms with Gasteiger partial charge >= 0.3 is 77.5 Å². The van der Waals surface area contributed by atoms with Crippen LogP contribution in [0.5, 0.6) is 0 Å². The Kier molecular flexibility index (Phi) is 37.7. The summed E-state index contributed by atoms with van der Waals surface area (Å²) in [7, 11) is -43.3. The van der Waals surface area contributed by atoms with Gasteiger partial charge in [0.05, 0.1) is 47.5 Å². The van der Waals surface area contributed by atoms with Crippen molar-refractivity contribution in [2.45, 2.75) is 22.3 Å². The van der Waals surface area contributed by atoms with E-state index < -0.39 is 83.1 Å². The van der Waals surface area contributed by atoms with Crippen LogP contribution in [0, 0.1) is 0 Å². The Labute approximate surface area is 336 Å². The van der Waals surface area contributed by atoms with Crippen LogP contribution < -0.4 is 58.7 Å². The molecule has 0 aliphatic heterocycles. The quantitative estimate of drug-likeness (QED) is 0.104. The second-order valence-corrected chi connectivity index (χ2v) is 22.4. The molecule has 0 aromatic carbocycles. The molecule has 28 nitrogen and oxygen atoms in total. The summed E-state index contributed by atoms with van der Waals surface area (Å²) < 4.78 is 92.5. The van der Waals surface area contributed by atoms with E-state index in [0.717, 1.165) is 0 Å². The average Bonchev–Trinajstić information content (AvgIpc) is 2.85. The maximum absolute atomic E-state index is 10.2. The van der Waals surface area contributed by atoms with Crippen molar-refractivity contribution in [3.8, 4) is 0 Å². The van der Waals surface area contributed by atoms with Crippen LogP contribution >= 0.6 is 108 Å². The van der Waals surface area contributed by atoms with Gasteiger partial charge in [-0.3, -0.25) is 0 Å². The van der Waals surface area contributed by atoms with E-state index in [2.05, 4.69) is 63.8 Å². The van der Waals surface area contributed by atoms with Gasteiger partial charge in [0.15, 0.2) is 30.4 Å². The van der Waals surface area contributed by atoms with Gasteiger partial charge in [-0.2, -0.15) is 0 Å². The smallest absolute Gasteiger partial charge is 0.809 e. The van der Waals surface area contributed by atoms with Gasteiger partial charge in [0, 0.05) is 0 Å². The van der Waals surface area contributed by atoms with Crippen LogP contribution in [0.4, 0.5) is 0 Å². The first kappa shape index (κ1) is 66.6. The number of aliphatic hydroxyl groups is 4. The molecule has 0 aromatic rings. The first-order chi connectivity index (χ1) is 18.9. The van der Waals surface area contributed by atoms with Crippen molar-refractivity contribution in [1.82, 2.24) is 0 Å². The molecule has 0 saturated heterocycles. The zero-order chi connectivity index (χ0) is 37.1. The molecule has 0 heterocycles. The van der Waals surface area contributed by atoms with E-state index in [-0.39, 0.29) is 77.5 Å². The van der Waals surface area contributed by atoms with Crippen molar-refractivity contribution in [2.24, 2.45) is 0 Å². The predicted molar refractivity (Wildman–Crippen MR) is 113 cm³/mol. The summed E-state index contributed by atoms with van der Waals surface area (Å²) in [6.45, 7) is 0. The summed E-state index contributed by atoms with van der Waals surface area (Å²) in [5.74, 6) is 0. The number of halogens is 4. The summed E-state index contributed by atoms with van der Waals surface area (Å²) >= 11 is 17.0. The first-order valence-corrected chi connectivity index (χ1v) is 22.2. The van der Waals surface area contributed by atoms with Crippen LogP contribution in [0.15, 0.2) is 0 Å². The normalized spacial score (nSPS) is 19.5. The van der Waals surface area contributed by atoms with Crippen LogP contribution in [0.25, 0.3) is 0 Å². The summed E-state index contributed by atoms with van der Waals surface area (Å²) in [6, 6.07) is 0. The summed E-state index contributed by atoms with van der Waals surface area (Å²) in [4.78, 5) is 120. The molecule has 0 amide bonds. The van der Waals surface area contributed by atoms with Crippen molar-refractivity contribution in [3.05, 3.63) is 0 Å². The van der Waals surface area contributed by atoms with Gasteiger partial charge in [-0.25, -0.2) is 16.3 Å². The topological polar surface area (TPSA) is 531 Å². The van der Waals surface area contributed by atoms with Gasteiger partial charge in [0.1, 0.15) is 22.3 Å². The molecular formula is C4H8Cl4Hf3O28P8. The van der Waals surface area contributed by atoms with E-state index in [9.17, 15) is 95.2 Å². The zero-order valence-corrected chi connectivity index (χ0v) is 41.4. The largest absolute Gasteiger partial charge is 4.00 e. The van der Waals surface area contributed by atoms with Crippen molar-refractivity contribution >= 4 is 108 Å². The number of hydrogen-bond donors (Lipinski definition) is 4. The number of aliphatic hydroxyl groups excluding tert-OH is 4. The maximum Gasteiger partial charge on any atom is 4.00 e. The molecule has 0 saturated carbocycles. The van der Waals surface area contributed by atoms with E-state index >= 15 is 0 Å². The fraction of sp³-hybridized carbons (Fsp3) is 1.00. The van der Waals surface area contributed by atoms with Crippen molar-refractivity contribution in [1.29, 1.82) is 0 Å². The second-order valence-electron chi connectivity index (χ2n) is 5.98. The molecule has 272 valence electrons. The Morgan fingerprint density at radius 1 is 0.340 bits per heavy atom. The Hall–Kier alpha value is 4.81. The van der Waals surface area contributed by atoms with Crippen LogP contribution in [-0.4, -0.2) is 42.8 Å². The molecule has 0 spiro atoms. The SMILES string of the molecule is O=P([O-])([O-])C(O)P(=O)([O-])OCl.O=P([O-])([O-])C(O)P(=O)([O-])OCl.O=P([O-])([O-])C(O)P(=O)([O-])OCl.O=P([O-])([O-])C(O)P(=O)([O-])OCl.[Hf+4].[Hf+4].[Hf+4]. The third kappa shape index (κ3) is 28.8. The Balaban J connectivity index is -0.0000000889. The van der Waals surface area contributed by atoms with E-state index in [1.165, 1.54) is 0 Å². The number of rotatable bonds is 12. The van der Waals surface area contributed by atoms with Gasteiger partial charge in [0.25, 0.3) is 0 Å². The molecule has 0 rings (SSSR count). The standard InChI is InChI=1S/4CH5ClO7P2.3Hf/c4*2-9-11(7,8)1(3)10(4,5)6;;;/h4*1,3H,(H,7,8)(H2,4,5,6);;;/q;;;;3*+4/p-12. The molecule has 0 fully saturated rings. The van der Waals surface area contributed by atoms with Crippen molar-refractivity contribution < 1.29 is 210 Å².